The lowest BCUT2D eigenvalue weighted by Crippen LogP contribution is -2.29. The molecule has 436 valence electrons. The van der Waals surface area contributed by atoms with E-state index in [0.29, 0.717) is 12.8 Å². The molecule has 0 spiro atoms. The summed E-state index contributed by atoms with van der Waals surface area (Å²) in [6, 6.07) is 0. The van der Waals surface area contributed by atoms with E-state index in [1.807, 2.05) is 0 Å². The van der Waals surface area contributed by atoms with Crippen LogP contribution in [0.15, 0.2) is 146 Å². The summed E-state index contributed by atoms with van der Waals surface area (Å²) >= 11 is 0. The summed E-state index contributed by atoms with van der Waals surface area (Å²) < 4.78 is 33.0. The fourth-order valence-electron chi connectivity index (χ4n) is 7.75. The molecule has 0 aliphatic heterocycles. The van der Waals surface area contributed by atoms with E-state index >= 15 is 0 Å². The lowest BCUT2D eigenvalue weighted by molar-refractivity contribution is -0.161. The number of esters is 2. The van der Waals surface area contributed by atoms with Gasteiger partial charge in [0.25, 0.3) is 0 Å². The Balaban J connectivity index is 4.09. The van der Waals surface area contributed by atoms with Crippen molar-refractivity contribution in [2.45, 2.75) is 238 Å². The number of carbonyl (C=O) groups excluding carboxylic acids is 2. The number of unbranched alkanes of at least 4 members (excludes halogenated alkanes) is 18. The predicted molar refractivity (Wildman–Crippen MR) is 330 cm³/mol. The fraction of sp³-hybridized carbons (Fsp3) is 0.612. The second-order valence-electron chi connectivity index (χ2n) is 19.5. The van der Waals surface area contributed by atoms with Gasteiger partial charge in [-0.15, -0.1) is 0 Å². The second-order valence-corrected chi connectivity index (χ2v) is 20.9. The number of carbonyl (C=O) groups is 2. The lowest BCUT2D eigenvalue weighted by Gasteiger charge is -2.19. The standard InChI is InChI=1S/C67H110NO8P/c1-3-5-7-9-11-13-15-17-19-21-23-25-27-28-29-30-31-32-33-34-35-36-38-40-42-44-46-48-50-52-54-56-58-60-67(70)76-65(64-75-77(71,72)74-62-61-68)63-73-66(69)59-57-55-53-51-49-47-45-43-41-39-37-26-24-22-20-18-16-14-12-10-8-6-4-2/h5,7,11,13,16-19,22-25,28-29,31-32,34-35,37-40,44,46,65H,3-4,6,8-10,12,14-15,20-21,26-27,30,33,36,41-43,45,47-64,68H2,1-2H3,(H,71,72)/b7-5-,13-11-,18-16-,19-17-,24-22-,25-23-,29-28-,32-31-,35-34-,39-37-,40-38-,46-44-. The third-order valence-corrected chi connectivity index (χ3v) is 13.2. The van der Waals surface area contributed by atoms with Gasteiger partial charge in [0.2, 0.25) is 0 Å². The number of nitrogens with two attached hydrogens (primary N) is 1. The van der Waals surface area contributed by atoms with Crippen molar-refractivity contribution in [1.82, 2.24) is 0 Å². The van der Waals surface area contributed by atoms with Crippen molar-refractivity contribution in [3.8, 4) is 0 Å². The molecule has 0 aromatic carbocycles. The number of phosphoric acid groups is 1. The quantitative estimate of drug-likeness (QED) is 0.0264. The Kier molecular flexibility index (Phi) is 57.8. The summed E-state index contributed by atoms with van der Waals surface area (Å²) in [5, 5.41) is 0. The van der Waals surface area contributed by atoms with Gasteiger partial charge in [0.05, 0.1) is 13.2 Å². The van der Waals surface area contributed by atoms with Gasteiger partial charge in [-0.3, -0.25) is 18.6 Å². The highest BCUT2D eigenvalue weighted by Crippen LogP contribution is 2.43. The summed E-state index contributed by atoms with van der Waals surface area (Å²) in [5.74, 6) is -0.868. The molecule has 10 heteroatoms. The van der Waals surface area contributed by atoms with E-state index in [1.54, 1.807) is 0 Å². The van der Waals surface area contributed by atoms with Crippen LogP contribution in [0.25, 0.3) is 0 Å². The normalized spacial score (nSPS) is 14.1. The highest BCUT2D eigenvalue weighted by Gasteiger charge is 2.26. The molecule has 0 rings (SSSR count). The van der Waals surface area contributed by atoms with Crippen LogP contribution in [0.4, 0.5) is 0 Å². The zero-order valence-corrected chi connectivity index (χ0v) is 49.5. The molecule has 77 heavy (non-hydrogen) atoms. The minimum absolute atomic E-state index is 0.0406. The van der Waals surface area contributed by atoms with E-state index in [1.165, 1.54) is 64.2 Å². The van der Waals surface area contributed by atoms with Gasteiger partial charge in [-0.2, -0.15) is 0 Å². The van der Waals surface area contributed by atoms with Crippen molar-refractivity contribution < 1.29 is 37.6 Å². The first-order valence-electron chi connectivity index (χ1n) is 30.3. The number of ether oxygens (including phenoxy) is 2. The number of hydrogen-bond donors (Lipinski definition) is 2. The molecule has 2 unspecified atom stereocenters. The van der Waals surface area contributed by atoms with Gasteiger partial charge >= 0.3 is 19.8 Å². The molecule has 0 aliphatic carbocycles. The summed E-state index contributed by atoms with van der Waals surface area (Å²) in [6.07, 6.45) is 87.5. The zero-order chi connectivity index (χ0) is 55.9. The molecule has 0 aliphatic rings. The van der Waals surface area contributed by atoms with E-state index in [9.17, 15) is 19.0 Å². The van der Waals surface area contributed by atoms with Crippen molar-refractivity contribution in [2.24, 2.45) is 5.73 Å². The van der Waals surface area contributed by atoms with E-state index in [-0.39, 0.29) is 32.6 Å². The molecule has 3 N–H and O–H groups in total. The highest BCUT2D eigenvalue weighted by atomic mass is 31.2. The average Bonchev–Trinajstić information content (AvgIpc) is 3.42. The van der Waals surface area contributed by atoms with Crippen LogP contribution in [-0.2, 0) is 32.7 Å². The van der Waals surface area contributed by atoms with Crippen molar-refractivity contribution in [3.05, 3.63) is 146 Å². The number of hydrogen-bond acceptors (Lipinski definition) is 8. The van der Waals surface area contributed by atoms with Gasteiger partial charge in [-0.1, -0.05) is 243 Å². The van der Waals surface area contributed by atoms with Crippen molar-refractivity contribution in [2.75, 3.05) is 26.4 Å². The first-order chi connectivity index (χ1) is 37.8. The topological polar surface area (TPSA) is 134 Å². The van der Waals surface area contributed by atoms with Crippen LogP contribution in [-0.4, -0.2) is 49.3 Å². The summed E-state index contributed by atoms with van der Waals surface area (Å²) in [7, 11) is -4.41. The molecular formula is C67H110NO8P. The van der Waals surface area contributed by atoms with Gasteiger partial charge in [0.15, 0.2) is 6.10 Å². The molecule has 0 amide bonds. The molecular weight excluding hydrogens is 978 g/mol. The summed E-state index contributed by atoms with van der Waals surface area (Å²) in [6.45, 7) is 3.57. The van der Waals surface area contributed by atoms with Crippen LogP contribution in [0.3, 0.4) is 0 Å². The van der Waals surface area contributed by atoms with Gasteiger partial charge < -0.3 is 20.1 Å². The monoisotopic (exact) mass is 1090 g/mol. The minimum atomic E-state index is -4.41. The van der Waals surface area contributed by atoms with Gasteiger partial charge in [-0.25, -0.2) is 4.57 Å². The van der Waals surface area contributed by atoms with Gasteiger partial charge in [-0.05, 0) is 122 Å². The van der Waals surface area contributed by atoms with Gasteiger partial charge in [0, 0.05) is 19.4 Å². The van der Waals surface area contributed by atoms with Crippen molar-refractivity contribution >= 4 is 19.8 Å². The Morgan fingerprint density at radius 2 is 0.714 bits per heavy atom. The Labute approximate surface area is 471 Å². The molecule has 2 atom stereocenters. The number of allylic oxidation sites excluding steroid dienone is 24. The predicted octanol–water partition coefficient (Wildman–Crippen LogP) is 19.5. The maximum Gasteiger partial charge on any atom is 0.472 e. The SMILES string of the molecule is CC/C=C\C/C=C\C/C=C\C/C=C\C/C=C\C/C=C\C/C=C\C/C=C\C/C=C\CCCCCCCC(=O)OC(COC(=O)CCCCCCCCCC/C=C\C/C=C\C/C=C\CCCCCCC)COP(=O)(O)OCCN. The van der Waals surface area contributed by atoms with E-state index in [2.05, 4.69) is 160 Å². The van der Waals surface area contributed by atoms with Crippen LogP contribution >= 0.6 is 7.82 Å². The second kappa shape index (κ2) is 61.1. The van der Waals surface area contributed by atoms with E-state index in [4.69, 9.17) is 24.3 Å². The molecule has 0 heterocycles. The molecule has 0 saturated carbocycles. The molecule has 9 nitrogen and oxygen atoms in total. The van der Waals surface area contributed by atoms with E-state index < -0.39 is 32.5 Å². The van der Waals surface area contributed by atoms with Crippen LogP contribution in [0.5, 0.6) is 0 Å². The Morgan fingerprint density at radius 1 is 0.403 bits per heavy atom. The molecule has 0 aromatic rings. The maximum atomic E-state index is 12.7. The Morgan fingerprint density at radius 3 is 1.06 bits per heavy atom. The van der Waals surface area contributed by atoms with E-state index in [0.717, 1.165) is 128 Å². The van der Waals surface area contributed by atoms with Gasteiger partial charge in [0.1, 0.15) is 6.61 Å². The highest BCUT2D eigenvalue weighted by molar-refractivity contribution is 7.47. The van der Waals surface area contributed by atoms with Crippen LogP contribution in [0.2, 0.25) is 0 Å². The molecule has 0 aromatic heterocycles. The Bertz CT molecular complexity index is 1770. The largest absolute Gasteiger partial charge is 0.472 e. The van der Waals surface area contributed by atoms with Crippen LogP contribution in [0, 0.1) is 0 Å². The van der Waals surface area contributed by atoms with Crippen LogP contribution < -0.4 is 5.73 Å². The summed E-state index contributed by atoms with van der Waals surface area (Å²) in [4.78, 5) is 35.2. The average molecular weight is 1090 g/mol. The molecule has 0 bridgehead atoms. The lowest BCUT2D eigenvalue weighted by atomic mass is 10.1. The molecule has 0 radical (unpaired) electrons. The van der Waals surface area contributed by atoms with Crippen molar-refractivity contribution in [1.29, 1.82) is 0 Å². The minimum Gasteiger partial charge on any atom is -0.462 e. The molecule has 0 saturated heterocycles. The first-order valence-corrected chi connectivity index (χ1v) is 31.8. The van der Waals surface area contributed by atoms with Crippen molar-refractivity contribution in [3.63, 3.8) is 0 Å². The molecule has 0 fully saturated rings. The summed E-state index contributed by atoms with van der Waals surface area (Å²) in [5.41, 5.74) is 5.38. The third kappa shape index (κ3) is 61.0. The number of phosphoric ester groups is 1. The number of rotatable bonds is 55. The third-order valence-electron chi connectivity index (χ3n) is 12.2. The smallest absolute Gasteiger partial charge is 0.462 e. The zero-order valence-electron chi connectivity index (χ0n) is 48.6. The fourth-order valence-corrected chi connectivity index (χ4v) is 8.52. The maximum absolute atomic E-state index is 12.7. The van der Waals surface area contributed by atoms with Crippen LogP contribution in [0.1, 0.15) is 232 Å². The first kappa shape index (κ1) is 72.9. The Hall–Kier alpha value is -4.11.